The molecule has 0 saturated heterocycles. The number of hydrogen-bond donors (Lipinski definition) is 0. The molecule has 0 fully saturated rings. The predicted octanol–water partition coefficient (Wildman–Crippen LogP) is 4.17. The summed E-state index contributed by atoms with van der Waals surface area (Å²) in [5, 5.41) is 0.968. The molecule has 0 saturated carbocycles. The Balaban J connectivity index is 2.13. The van der Waals surface area contributed by atoms with Gasteiger partial charge in [-0.15, -0.1) is 0 Å². The summed E-state index contributed by atoms with van der Waals surface area (Å²) in [5.41, 5.74) is 3.82. The predicted molar refractivity (Wildman–Crippen MR) is 102 cm³/mol. The lowest BCUT2D eigenvalue weighted by Gasteiger charge is -2.24. The van der Waals surface area contributed by atoms with Crippen molar-refractivity contribution in [3.8, 4) is 11.1 Å². The largest absolute Gasteiger partial charge is 0.536 e. The summed E-state index contributed by atoms with van der Waals surface area (Å²) in [6, 6.07) is 17.1. The van der Waals surface area contributed by atoms with Crippen LogP contribution < -0.4 is 5.19 Å². The summed E-state index contributed by atoms with van der Waals surface area (Å²) in [6.07, 6.45) is 4.99. The second-order valence-corrected chi connectivity index (χ2v) is 8.81. The molecule has 0 aliphatic carbocycles. The Kier molecular flexibility index (Phi) is 7.18. The van der Waals surface area contributed by atoms with E-state index in [0.29, 0.717) is 0 Å². The van der Waals surface area contributed by atoms with Gasteiger partial charge in [-0.25, -0.2) is 0 Å². The molecule has 0 bridgehead atoms. The quantitative estimate of drug-likeness (QED) is 0.505. The molecular weight excluding hydrogens is 316 g/mol. The Morgan fingerprint density at radius 2 is 1.21 bits per heavy atom. The summed E-state index contributed by atoms with van der Waals surface area (Å²) in [7, 11) is 2.14. The number of rotatable bonds is 9. The van der Waals surface area contributed by atoms with E-state index in [1.807, 2.05) is 12.1 Å². The van der Waals surface area contributed by atoms with Crippen molar-refractivity contribution in [1.82, 2.24) is 0 Å². The highest BCUT2D eigenvalue weighted by Gasteiger charge is 2.40. The van der Waals surface area contributed by atoms with Gasteiger partial charge in [0.2, 0.25) is 0 Å². The van der Waals surface area contributed by atoms with Crippen LogP contribution in [0.4, 0.5) is 0 Å². The summed E-state index contributed by atoms with van der Waals surface area (Å²) < 4.78 is 16.6. The molecule has 0 amide bonds. The van der Waals surface area contributed by atoms with Crippen LogP contribution in [0.1, 0.15) is 31.7 Å². The van der Waals surface area contributed by atoms with Crippen LogP contribution in [0.5, 0.6) is 0 Å². The van der Waals surface area contributed by atoms with E-state index in [1.165, 1.54) is 36.0 Å². The third-order valence-electron chi connectivity index (χ3n) is 4.40. The Morgan fingerprint density at radius 3 is 1.67 bits per heavy atom. The van der Waals surface area contributed by atoms with Gasteiger partial charge in [-0.05, 0) is 29.5 Å². The summed E-state index contributed by atoms with van der Waals surface area (Å²) in [6.45, 7) is 2.24. The molecule has 0 heterocycles. The zero-order chi connectivity index (χ0) is 17.4. The highest BCUT2D eigenvalue weighted by molar-refractivity contribution is 6.75. The van der Waals surface area contributed by atoms with Gasteiger partial charge in [0.25, 0.3) is 0 Å². The van der Waals surface area contributed by atoms with Crippen LogP contribution in [0, 0.1) is 0 Å². The molecule has 24 heavy (non-hydrogen) atoms. The van der Waals surface area contributed by atoms with Crippen LogP contribution >= 0.6 is 0 Å². The molecule has 2 aromatic rings. The third kappa shape index (κ3) is 4.33. The fourth-order valence-electron chi connectivity index (χ4n) is 2.91. The summed E-state index contributed by atoms with van der Waals surface area (Å²) >= 11 is 0. The van der Waals surface area contributed by atoms with Gasteiger partial charge in [0.05, 0.1) is 0 Å². The van der Waals surface area contributed by atoms with Crippen LogP contribution in [0.2, 0.25) is 0 Å². The molecule has 0 aliphatic rings. The molecule has 0 N–H and O–H groups in total. The van der Waals surface area contributed by atoms with E-state index < -0.39 is 8.80 Å². The first-order chi connectivity index (χ1) is 11.7. The molecular formula is C20H28O3Si. The monoisotopic (exact) mass is 344 g/mol. The molecule has 4 heteroatoms. The van der Waals surface area contributed by atoms with Crippen molar-refractivity contribution in [2.75, 3.05) is 21.3 Å². The maximum Gasteiger partial charge on any atom is 0.536 e. The van der Waals surface area contributed by atoms with E-state index in [4.69, 9.17) is 13.3 Å². The first-order valence-electron chi connectivity index (χ1n) is 8.54. The van der Waals surface area contributed by atoms with Gasteiger partial charge >= 0.3 is 8.80 Å². The van der Waals surface area contributed by atoms with Crippen LogP contribution in [-0.4, -0.2) is 30.1 Å². The average Bonchev–Trinajstić information content (AvgIpc) is 2.65. The van der Waals surface area contributed by atoms with E-state index in [1.54, 1.807) is 21.3 Å². The Hall–Kier alpha value is -1.46. The molecule has 130 valence electrons. The van der Waals surface area contributed by atoms with Crippen molar-refractivity contribution in [2.24, 2.45) is 0 Å². The van der Waals surface area contributed by atoms with Gasteiger partial charge in [-0.2, -0.15) is 0 Å². The topological polar surface area (TPSA) is 27.7 Å². The lowest BCUT2D eigenvalue weighted by molar-refractivity contribution is 0.140. The van der Waals surface area contributed by atoms with Crippen LogP contribution in [-0.2, 0) is 19.7 Å². The van der Waals surface area contributed by atoms with E-state index in [0.717, 1.165) is 11.6 Å². The fourth-order valence-corrected chi connectivity index (χ4v) is 4.70. The van der Waals surface area contributed by atoms with E-state index in [2.05, 4.69) is 43.3 Å². The zero-order valence-corrected chi connectivity index (χ0v) is 16.2. The molecule has 0 radical (unpaired) electrons. The van der Waals surface area contributed by atoms with Gasteiger partial charge in [0.15, 0.2) is 0 Å². The lowest BCUT2D eigenvalue weighted by atomic mass is 10.0. The Morgan fingerprint density at radius 1 is 0.708 bits per heavy atom. The first kappa shape index (κ1) is 18.9. The van der Waals surface area contributed by atoms with Crippen molar-refractivity contribution in [3.05, 3.63) is 54.1 Å². The molecule has 3 nitrogen and oxygen atoms in total. The molecule has 0 aliphatic heterocycles. The molecule has 2 rings (SSSR count). The zero-order valence-electron chi connectivity index (χ0n) is 15.2. The summed E-state index contributed by atoms with van der Waals surface area (Å²) in [5.74, 6) is 0. The number of hydrogen-bond acceptors (Lipinski definition) is 3. The van der Waals surface area contributed by atoms with Crippen molar-refractivity contribution in [1.29, 1.82) is 0 Å². The minimum absolute atomic E-state index is 0.968. The van der Waals surface area contributed by atoms with Crippen molar-refractivity contribution in [2.45, 2.75) is 32.6 Å². The molecule has 0 aromatic heterocycles. The smallest absolute Gasteiger partial charge is 0.373 e. The minimum atomic E-state index is -2.75. The van der Waals surface area contributed by atoms with Crippen LogP contribution in [0.3, 0.4) is 0 Å². The minimum Gasteiger partial charge on any atom is -0.373 e. The SMILES string of the molecule is CCCCCc1ccc(-c2ccc([Si](OC)(OC)OC)cc2)cc1. The standard InChI is InChI=1S/C20H28O3Si/c1-5-6-7-8-17-9-11-18(12-10-17)19-13-15-20(16-14-19)24(21-2,22-3)23-4/h9-16H,5-8H2,1-4H3. The van der Waals surface area contributed by atoms with Crippen molar-refractivity contribution >= 4 is 14.0 Å². The molecule has 0 spiro atoms. The molecule has 2 aromatic carbocycles. The fraction of sp³-hybridized carbons (Fsp3) is 0.400. The second kappa shape index (κ2) is 9.13. The Labute approximate surface area is 146 Å². The number of benzene rings is 2. The molecule has 0 unspecified atom stereocenters. The van der Waals surface area contributed by atoms with Crippen molar-refractivity contribution < 1.29 is 13.3 Å². The van der Waals surface area contributed by atoms with Gasteiger partial charge < -0.3 is 13.3 Å². The number of unbranched alkanes of at least 4 members (excludes halogenated alkanes) is 2. The van der Waals surface area contributed by atoms with Crippen molar-refractivity contribution in [3.63, 3.8) is 0 Å². The molecule has 0 atom stereocenters. The van der Waals surface area contributed by atoms with Gasteiger partial charge in [0, 0.05) is 26.5 Å². The van der Waals surface area contributed by atoms with Crippen LogP contribution in [0.25, 0.3) is 11.1 Å². The van der Waals surface area contributed by atoms with Gasteiger partial charge in [0.1, 0.15) is 0 Å². The third-order valence-corrected chi connectivity index (χ3v) is 7.05. The normalized spacial score (nSPS) is 11.7. The van der Waals surface area contributed by atoms with Crippen LogP contribution in [0.15, 0.2) is 48.5 Å². The lowest BCUT2D eigenvalue weighted by Crippen LogP contribution is -2.54. The van der Waals surface area contributed by atoms with E-state index in [9.17, 15) is 0 Å². The maximum atomic E-state index is 5.52. The van der Waals surface area contributed by atoms with E-state index in [-0.39, 0.29) is 0 Å². The second-order valence-electron chi connectivity index (χ2n) is 5.90. The van der Waals surface area contributed by atoms with E-state index >= 15 is 0 Å². The maximum absolute atomic E-state index is 5.52. The average molecular weight is 345 g/mol. The highest BCUT2D eigenvalue weighted by atomic mass is 28.4. The highest BCUT2D eigenvalue weighted by Crippen LogP contribution is 2.20. The summed E-state index contributed by atoms with van der Waals surface area (Å²) in [4.78, 5) is 0. The first-order valence-corrected chi connectivity index (χ1v) is 10.3. The Bertz CT molecular complexity index is 596. The van der Waals surface area contributed by atoms with Gasteiger partial charge in [-0.1, -0.05) is 68.3 Å². The number of aryl methyl sites for hydroxylation is 1. The van der Waals surface area contributed by atoms with Gasteiger partial charge in [-0.3, -0.25) is 0 Å².